The van der Waals surface area contributed by atoms with Crippen LogP contribution in [0.4, 0.5) is 0 Å². The van der Waals surface area contributed by atoms with Gasteiger partial charge in [0.1, 0.15) is 0 Å². The molecule has 2 rings (SSSR count). The van der Waals surface area contributed by atoms with E-state index in [0.717, 1.165) is 25.2 Å². The average Bonchev–Trinajstić information content (AvgIpc) is 2.88. The number of carbonyl (C=O) groups is 1. The SMILES string of the molecule is Cc1ccc(C(=O)N(CC2CCCN2)C(C)C)cn1. The van der Waals surface area contributed by atoms with Crippen LogP contribution in [0.3, 0.4) is 0 Å². The molecule has 1 aliphatic rings. The molecule has 104 valence electrons. The fourth-order valence-corrected chi connectivity index (χ4v) is 2.44. The van der Waals surface area contributed by atoms with E-state index in [0.29, 0.717) is 11.6 Å². The highest BCUT2D eigenvalue weighted by Crippen LogP contribution is 2.13. The molecule has 0 bridgehead atoms. The Labute approximate surface area is 115 Å². The van der Waals surface area contributed by atoms with Gasteiger partial charge in [-0.05, 0) is 52.3 Å². The highest BCUT2D eigenvalue weighted by molar-refractivity contribution is 5.94. The monoisotopic (exact) mass is 261 g/mol. The topological polar surface area (TPSA) is 45.2 Å². The molecule has 4 heteroatoms. The van der Waals surface area contributed by atoms with E-state index >= 15 is 0 Å². The standard InChI is InChI=1S/C15H23N3O/c1-11(2)18(10-14-5-4-8-16-14)15(19)13-7-6-12(3)17-9-13/h6-7,9,11,14,16H,4-5,8,10H2,1-3H3. The summed E-state index contributed by atoms with van der Waals surface area (Å²) >= 11 is 0. The fourth-order valence-electron chi connectivity index (χ4n) is 2.44. The largest absolute Gasteiger partial charge is 0.335 e. The van der Waals surface area contributed by atoms with E-state index in [9.17, 15) is 4.79 Å². The van der Waals surface area contributed by atoms with Gasteiger partial charge in [0, 0.05) is 30.5 Å². The van der Waals surface area contributed by atoms with Crippen LogP contribution in [-0.2, 0) is 0 Å². The summed E-state index contributed by atoms with van der Waals surface area (Å²) < 4.78 is 0. The smallest absolute Gasteiger partial charge is 0.255 e. The van der Waals surface area contributed by atoms with Crippen LogP contribution >= 0.6 is 0 Å². The Hall–Kier alpha value is -1.42. The van der Waals surface area contributed by atoms with Crippen LogP contribution in [0.15, 0.2) is 18.3 Å². The van der Waals surface area contributed by atoms with Gasteiger partial charge in [0.2, 0.25) is 0 Å². The van der Waals surface area contributed by atoms with E-state index < -0.39 is 0 Å². The van der Waals surface area contributed by atoms with Crippen molar-refractivity contribution < 1.29 is 4.79 Å². The minimum Gasteiger partial charge on any atom is -0.335 e. The van der Waals surface area contributed by atoms with Crippen molar-refractivity contribution in [2.75, 3.05) is 13.1 Å². The number of aryl methyl sites for hydroxylation is 1. The van der Waals surface area contributed by atoms with E-state index in [-0.39, 0.29) is 11.9 Å². The lowest BCUT2D eigenvalue weighted by atomic mass is 10.1. The van der Waals surface area contributed by atoms with Gasteiger partial charge in [0.15, 0.2) is 0 Å². The van der Waals surface area contributed by atoms with Crippen LogP contribution < -0.4 is 5.32 Å². The molecule has 0 radical (unpaired) electrons. The van der Waals surface area contributed by atoms with Gasteiger partial charge in [-0.2, -0.15) is 0 Å². The Morgan fingerprint density at radius 3 is 2.84 bits per heavy atom. The minimum atomic E-state index is 0.0798. The van der Waals surface area contributed by atoms with Gasteiger partial charge in [-0.25, -0.2) is 0 Å². The Kier molecular flexibility index (Phi) is 4.53. The second kappa shape index (κ2) is 6.15. The second-order valence-electron chi connectivity index (χ2n) is 5.53. The molecule has 4 nitrogen and oxygen atoms in total. The van der Waals surface area contributed by atoms with Gasteiger partial charge in [-0.3, -0.25) is 9.78 Å². The van der Waals surface area contributed by atoms with Gasteiger partial charge < -0.3 is 10.2 Å². The predicted octanol–water partition coefficient (Wildman–Crippen LogP) is 1.99. The van der Waals surface area contributed by atoms with Crippen molar-refractivity contribution in [1.29, 1.82) is 0 Å². The molecule has 2 heterocycles. The molecule has 1 saturated heterocycles. The Morgan fingerprint density at radius 1 is 1.53 bits per heavy atom. The fraction of sp³-hybridized carbons (Fsp3) is 0.600. The third kappa shape index (κ3) is 3.53. The first-order chi connectivity index (χ1) is 9.08. The molecule has 0 aliphatic carbocycles. The molecule has 1 aliphatic heterocycles. The maximum Gasteiger partial charge on any atom is 0.255 e. The van der Waals surface area contributed by atoms with Crippen molar-refractivity contribution >= 4 is 5.91 Å². The van der Waals surface area contributed by atoms with E-state index in [1.807, 2.05) is 24.0 Å². The highest BCUT2D eigenvalue weighted by Gasteiger charge is 2.24. The summed E-state index contributed by atoms with van der Waals surface area (Å²) in [6.45, 7) is 7.90. The van der Waals surface area contributed by atoms with Crippen molar-refractivity contribution in [1.82, 2.24) is 15.2 Å². The summed E-state index contributed by atoms with van der Waals surface area (Å²) in [5.74, 6) is 0.0798. The lowest BCUT2D eigenvalue weighted by Crippen LogP contribution is -2.44. The van der Waals surface area contributed by atoms with Crippen LogP contribution in [-0.4, -0.2) is 41.0 Å². The maximum atomic E-state index is 12.5. The van der Waals surface area contributed by atoms with Crippen molar-refractivity contribution in [2.24, 2.45) is 0 Å². The molecule has 1 atom stereocenters. The molecule has 1 N–H and O–H groups in total. The average molecular weight is 261 g/mol. The van der Waals surface area contributed by atoms with Crippen LogP contribution in [0.1, 0.15) is 42.7 Å². The van der Waals surface area contributed by atoms with Gasteiger partial charge in [0.05, 0.1) is 5.56 Å². The minimum absolute atomic E-state index is 0.0798. The molecule has 1 amide bonds. The molecule has 19 heavy (non-hydrogen) atoms. The number of carbonyl (C=O) groups excluding carboxylic acids is 1. The number of amides is 1. The molecule has 1 aromatic heterocycles. The maximum absolute atomic E-state index is 12.5. The van der Waals surface area contributed by atoms with Gasteiger partial charge in [-0.15, -0.1) is 0 Å². The third-order valence-corrected chi connectivity index (χ3v) is 3.62. The normalized spacial score (nSPS) is 18.8. The second-order valence-corrected chi connectivity index (χ2v) is 5.53. The quantitative estimate of drug-likeness (QED) is 0.901. The molecule has 1 aromatic rings. The Balaban J connectivity index is 2.09. The summed E-state index contributed by atoms with van der Waals surface area (Å²) in [6.07, 6.45) is 4.04. The zero-order valence-corrected chi connectivity index (χ0v) is 12.0. The zero-order valence-electron chi connectivity index (χ0n) is 12.0. The van der Waals surface area contributed by atoms with Crippen LogP contribution in [0.5, 0.6) is 0 Å². The van der Waals surface area contributed by atoms with Crippen molar-refractivity contribution in [2.45, 2.75) is 45.7 Å². The number of aromatic nitrogens is 1. The number of rotatable bonds is 4. The number of hydrogen-bond donors (Lipinski definition) is 1. The molecule has 0 saturated carbocycles. The summed E-state index contributed by atoms with van der Waals surface area (Å²) in [4.78, 5) is 18.7. The molecule has 1 unspecified atom stereocenters. The van der Waals surface area contributed by atoms with Gasteiger partial charge in [0.25, 0.3) is 5.91 Å². The number of hydrogen-bond acceptors (Lipinski definition) is 3. The van der Waals surface area contributed by atoms with Crippen molar-refractivity contribution in [3.05, 3.63) is 29.6 Å². The lowest BCUT2D eigenvalue weighted by Gasteiger charge is -2.29. The third-order valence-electron chi connectivity index (χ3n) is 3.62. The molecule has 1 fully saturated rings. The summed E-state index contributed by atoms with van der Waals surface area (Å²) in [7, 11) is 0. The molecule has 0 aromatic carbocycles. The highest BCUT2D eigenvalue weighted by atomic mass is 16.2. The van der Waals surface area contributed by atoms with E-state index in [4.69, 9.17) is 0 Å². The first-order valence-corrected chi connectivity index (χ1v) is 7.05. The van der Waals surface area contributed by atoms with Gasteiger partial charge in [-0.1, -0.05) is 0 Å². The lowest BCUT2D eigenvalue weighted by molar-refractivity contribution is 0.0688. The number of pyridine rings is 1. The Morgan fingerprint density at radius 2 is 2.32 bits per heavy atom. The first-order valence-electron chi connectivity index (χ1n) is 7.05. The first kappa shape index (κ1) is 14.0. The van der Waals surface area contributed by atoms with Crippen molar-refractivity contribution in [3.8, 4) is 0 Å². The molecular weight excluding hydrogens is 238 g/mol. The predicted molar refractivity (Wildman–Crippen MR) is 76.2 cm³/mol. The van der Waals surface area contributed by atoms with E-state index in [1.54, 1.807) is 6.20 Å². The van der Waals surface area contributed by atoms with E-state index in [2.05, 4.69) is 24.1 Å². The summed E-state index contributed by atoms with van der Waals surface area (Å²) in [6, 6.07) is 4.39. The van der Waals surface area contributed by atoms with Crippen LogP contribution in [0.25, 0.3) is 0 Å². The number of nitrogens with zero attached hydrogens (tertiary/aromatic N) is 2. The van der Waals surface area contributed by atoms with E-state index in [1.165, 1.54) is 6.42 Å². The Bertz CT molecular complexity index is 422. The summed E-state index contributed by atoms with van der Waals surface area (Å²) in [5, 5.41) is 3.45. The number of nitrogens with one attached hydrogen (secondary N) is 1. The molecular formula is C15H23N3O. The van der Waals surface area contributed by atoms with Crippen molar-refractivity contribution in [3.63, 3.8) is 0 Å². The zero-order chi connectivity index (χ0) is 13.8. The molecule has 0 spiro atoms. The van der Waals surface area contributed by atoms with Crippen LogP contribution in [0.2, 0.25) is 0 Å². The summed E-state index contributed by atoms with van der Waals surface area (Å²) in [5.41, 5.74) is 1.61. The van der Waals surface area contributed by atoms with Gasteiger partial charge >= 0.3 is 0 Å². The van der Waals surface area contributed by atoms with Crippen LogP contribution in [0, 0.1) is 6.92 Å².